The number of aromatic nitrogens is 1. The highest BCUT2D eigenvalue weighted by atomic mass is 127. The number of rotatable bonds is 4. The highest BCUT2D eigenvalue weighted by Gasteiger charge is 2.16. The number of aliphatic imine (C=N–C) groups is 1. The zero-order valence-corrected chi connectivity index (χ0v) is 16.1. The van der Waals surface area contributed by atoms with Gasteiger partial charge < -0.3 is 16.0 Å². The zero-order chi connectivity index (χ0) is 15.9. The summed E-state index contributed by atoms with van der Waals surface area (Å²) in [5.74, 6) is 1.78. The van der Waals surface area contributed by atoms with Crippen molar-refractivity contribution in [2.24, 2.45) is 16.6 Å². The minimum Gasteiger partial charge on any atom is -0.370 e. The summed E-state index contributed by atoms with van der Waals surface area (Å²) in [5.41, 5.74) is 7.04. The third-order valence-electron chi connectivity index (χ3n) is 3.90. The Labute approximate surface area is 155 Å². The van der Waals surface area contributed by atoms with E-state index >= 15 is 0 Å². The molecule has 1 amide bonds. The number of carbonyl (C=O) groups excluding carboxylic acids is 1. The molecule has 0 atom stereocenters. The Bertz CT molecular complexity index is 524. The minimum absolute atomic E-state index is 0. The average molecular weight is 431 g/mol. The first-order valence-electron chi connectivity index (χ1n) is 7.82. The lowest BCUT2D eigenvalue weighted by Crippen LogP contribution is -2.42. The highest BCUT2D eigenvalue weighted by molar-refractivity contribution is 14.0. The average Bonchev–Trinajstić information content (AvgIpc) is 2.50. The van der Waals surface area contributed by atoms with Gasteiger partial charge in [-0.05, 0) is 37.3 Å². The van der Waals surface area contributed by atoms with E-state index in [1.165, 1.54) is 0 Å². The quantitative estimate of drug-likeness (QED) is 0.436. The summed E-state index contributed by atoms with van der Waals surface area (Å²) in [5, 5.41) is 2.75. The molecule has 1 aliphatic heterocycles. The Hall–Kier alpha value is -1.38. The Morgan fingerprint density at radius 3 is 2.74 bits per heavy atom. The van der Waals surface area contributed by atoms with Gasteiger partial charge >= 0.3 is 0 Å². The van der Waals surface area contributed by atoms with Crippen LogP contribution < -0.4 is 11.1 Å². The van der Waals surface area contributed by atoms with Gasteiger partial charge in [-0.15, -0.1) is 24.0 Å². The fraction of sp³-hybridized carbons (Fsp3) is 0.562. The lowest BCUT2D eigenvalue weighted by atomic mass is 10.00. The number of hydrogen-bond donors (Lipinski definition) is 2. The van der Waals surface area contributed by atoms with Crippen LogP contribution in [-0.4, -0.2) is 41.4 Å². The topological polar surface area (TPSA) is 83.6 Å². The van der Waals surface area contributed by atoms with Crippen LogP contribution in [0.15, 0.2) is 23.3 Å². The summed E-state index contributed by atoms with van der Waals surface area (Å²) in [6, 6.07) is 3.70. The van der Waals surface area contributed by atoms with Crippen molar-refractivity contribution in [2.75, 3.05) is 25.0 Å². The van der Waals surface area contributed by atoms with Crippen LogP contribution >= 0.6 is 24.0 Å². The van der Waals surface area contributed by atoms with Gasteiger partial charge in [-0.1, -0.05) is 13.0 Å². The molecule has 0 spiro atoms. The van der Waals surface area contributed by atoms with Gasteiger partial charge in [-0.25, -0.2) is 4.98 Å². The summed E-state index contributed by atoms with van der Waals surface area (Å²) >= 11 is 0. The van der Waals surface area contributed by atoms with Gasteiger partial charge in [-0.2, -0.15) is 0 Å². The van der Waals surface area contributed by atoms with E-state index in [2.05, 4.69) is 27.1 Å². The molecule has 3 N–H and O–H groups in total. The third-order valence-corrected chi connectivity index (χ3v) is 3.90. The van der Waals surface area contributed by atoms with E-state index in [1.54, 1.807) is 12.3 Å². The number of pyridine rings is 1. The largest absolute Gasteiger partial charge is 0.370 e. The lowest BCUT2D eigenvalue weighted by molar-refractivity contribution is -0.116. The molecule has 0 saturated carbocycles. The number of nitrogens with zero attached hydrogens (tertiary/aromatic N) is 3. The van der Waals surface area contributed by atoms with Crippen LogP contribution in [-0.2, 0) is 4.79 Å². The van der Waals surface area contributed by atoms with E-state index in [-0.39, 0.29) is 29.9 Å². The van der Waals surface area contributed by atoms with Crippen molar-refractivity contribution in [3.8, 4) is 0 Å². The number of amides is 1. The Morgan fingerprint density at radius 1 is 1.43 bits per heavy atom. The van der Waals surface area contributed by atoms with E-state index < -0.39 is 0 Å². The Balaban J connectivity index is 0.00000264. The molecule has 2 heterocycles. The number of guanidine groups is 1. The molecule has 7 heteroatoms. The van der Waals surface area contributed by atoms with Crippen molar-refractivity contribution in [1.29, 1.82) is 0 Å². The first-order valence-corrected chi connectivity index (χ1v) is 7.82. The van der Waals surface area contributed by atoms with E-state index in [0.717, 1.165) is 37.4 Å². The number of piperidine rings is 1. The highest BCUT2D eigenvalue weighted by Crippen LogP contribution is 2.15. The Kier molecular flexibility index (Phi) is 8.29. The fourth-order valence-electron chi connectivity index (χ4n) is 2.36. The van der Waals surface area contributed by atoms with Crippen molar-refractivity contribution < 1.29 is 4.79 Å². The zero-order valence-electron chi connectivity index (χ0n) is 13.8. The maximum absolute atomic E-state index is 11.8. The van der Waals surface area contributed by atoms with Crippen LogP contribution in [0.25, 0.3) is 0 Å². The first-order chi connectivity index (χ1) is 10.5. The number of anilines is 1. The van der Waals surface area contributed by atoms with Crippen LogP contribution in [0, 0.1) is 12.8 Å². The maximum Gasteiger partial charge on any atom is 0.227 e. The number of hydrogen-bond acceptors (Lipinski definition) is 3. The maximum atomic E-state index is 11.8. The molecular formula is C16H26IN5O. The molecule has 128 valence electrons. The van der Waals surface area contributed by atoms with Crippen LogP contribution in [0.1, 0.15) is 31.7 Å². The summed E-state index contributed by atoms with van der Waals surface area (Å²) in [6.07, 6.45) is 4.33. The first kappa shape index (κ1) is 19.7. The second kappa shape index (κ2) is 9.69. The molecule has 0 unspecified atom stereocenters. The molecule has 0 aromatic carbocycles. The molecule has 1 fully saturated rings. The van der Waals surface area contributed by atoms with Gasteiger partial charge in [0.2, 0.25) is 5.91 Å². The van der Waals surface area contributed by atoms with Crippen molar-refractivity contribution in [2.45, 2.75) is 33.1 Å². The van der Waals surface area contributed by atoms with Crippen LogP contribution in [0.3, 0.4) is 0 Å². The lowest BCUT2D eigenvalue weighted by Gasteiger charge is -2.31. The Morgan fingerprint density at radius 2 is 2.13 bits per heavy atom. The van der Waals surface area contributed by atoms with E-state index in [4.69, 9.17) is 5.73 Å². The molecule has 6 nitrogen and oxygen atoms in total. The normalized spacial score (nSPS) is 15.9. The minimum atomic E-state index is -0.0971. The number of carbonyl (C=O) groups is 1. The fourth-order valence-corrected chi connectivity index (χ4v) is 2.36. The summed E-state index contributed by atoms with van der Waals surface area (Å²) in [4.78, 5) is 22.4. The molecule has 2 rings (SSSR count). The molecule has 0 radical (unpaired) electrons. The number of nitrogens with two attached hydrogens (primary N) is 1. The van der Waals surface area contributed by atoms with Crippen molar-refractivity contribution in [1.82, 2.24) is 9.88 Å². The van der Waals surface area contributed by atoms with Gasteiger partial charge in [0.05, 0.1) is 6.54 Å². The van der Waals surface area contributed by atoms with E-state index in [0.29, 0.717) is 24.7 Å². The van der Waals surface area contributed by atoms with E-state index in [1.807, 2.05) is 13.0 Å². The number of aryl methyl sites for hydroxylation is 1. The van der Waals surface area contributed by atoms with Gasteiger partial charge in [0.25, 0.3) is 0 Å². The second-order valence-corrected chi connectivity index (χ2v) is 5.93. The van der Waals surface area contributed by atoms with Crippen molar-refractivity contribution in [3.63, 3.8) is 0 Å². The second-order valence-electron chi connectivity index (χ2n) is 5.93. The standard InChI is InChI=1S/C16H25N5O.HI/c1-12-6-9-21(10-7-12)16(17)18-8-5-15(22)20-14-4-3-13(2)11-19-14;/h3-4,11-12H,5-10H2,1-2H3,(H2,17,18)(H,19,20,22);1H. The van der Waals surface area contributed by atoms with Gasteiger partial charge in [0.1, 0.15) is 5.82 Å². The number of nitrogens with one attached hydrogen (secondary N) is 1. The van der Waals surface area contributed by atoms with Gasteiger partial charge in [0.15, 0.2) is 5.96 Å². The number of likely N-dealkylation sites (tertiary alicyclic amines) is 1. The van der Waals surface area contributed by atoms with Crippen molar-refractivity contribution in [3.05, 3.63) is 23.9 Å². The summed E-state index contributed by atoms with van der Waals surface area (Å²) in [7, 11) is 0. The molecular weight excluding hydrogens is 405 g/mol. The summed E-state index contributed by atoms with van der Waals surface area (Å²) < 4.78 is 0. The molecule has 23 heavy (non-hydrogen) atoms. The monoisotopic (exact) mass is 431 g/mol. The van der Waals surface area contributed by atoms with Gasteiger partial charge in [-0.3, -0.25) is 9.79 Å². The van der Waals surface area contributed by atoms with E-state index in [9.17, 15) is 4.79 Å². The van der Waals surface area contributed by atoms with Crippen LogP contribution in [0.4, 0.5) is 5.82 Å². The van der Waals surface area contributed by atoms with Gasteiger partial charge in [0, 0.05) is 25.7 Å². The van der Waals surface area contributed by atoms with Crippen molar-refractivity contribution >= 4 is 41.7 Å². The SMILES string of the molecule is Cc1ccc(NC(=O)CCN=C(N)N2CCC(C)CC2)nc1.I. The molecule has 1 aromatic heterocycles. The van der Waals surface area contributed by atoms with Crippen LogP contribution in [0.5, 0.6) is 0 Å². The molecule has 0 aliphatic carbocycles. The molecule has 1 saturated heterocycles. The number of halogens is 1. The summed E-state index contributed by atoms with van der Waals surface area (Å²) in [6.45, 7) is 6.52. The molecule has 0 bridgehead atoms. The van der Waals surface area contributed by atoms with Crippen LogP contribution in [0.2, 0.25) is 0 Å². The predicted octanol–water partition coefficient (Wildman–Crippen LogP) is 2.38. The third kappa shape index (κ3) is 6.72. The molecule has 1 aromatic rings. The smallest absolute Gasteiger partial charge is 0.227 e. The predicted molar refractivity (Wildman–Crippen MR) is 104 cm³/mol. The molecule has 1 aliphatic rings.